The first-order valence-corrected chi connectivity index (χ1v) is 8.06. The van der Waals surface area contributed by atoms with Gasteiger partial charge in [-0.3, -0.25) is 0 Å². The third-order valence-electron chi connectivity index (χ3n) is 5.35. The second-order valence-electron chi connectivity index (χ2n) is 6.80. The first kappa shape index (κ1) is 13.3. The molecule has 2 unspecified atom stereocenters. The van der Waals surface area contributed by atoms with Crippen LogP contribution in [0.1, 0.15) is 55.2 Å². The van der Waals surface area contributed by atoms with Crippen molar-refractivity contribution >= 4 is 7.85 Å². The number of hydrogen-bond donors (Lipinski definition) is 0. The molecule has 3 rings (SSSR count). The van der Waals surface area contributed by atoms with Gasteiger partial charge in [-0.15, -0.1) is 0 Å². The monoisotopic (exact) mass is 252 g/mol. The van der Waals surface area contributed by atoms with Crippen LogP contribution in [0.2, 0.25) is 5.82 Å². The summed E-state index contributed by atoms with van der Waals surface area (Å²) in [5.74, 6) is 2.34. The summed E-state index contributed by atoms with van der Waals surface area (Å²) >= 11 is 0. The van der Waals surface area contributed by atoms with Crippen LogP contribution in [0.15, 0.2) is 18.2 Å². The normalized spacial score (nSPS) is 31.5. The maximum Gasteiger partial charge on any atom is 0.0699 e. The van der Waals surface area contributed by atoms with Gasteiger partial charge in [0.25, 0.3) is 0 Å². The minimum atomic E-state index is 0.491. The fraction of sp³-hybridized carbons (Fsp3) is 0.667. The number of rotatable bonds is 1. The molecule has 0 nitrogen and oxygen atoms in total. The molecule has 1 saturated carbocycles. The average Bonchev–Trinajstić information content (AvgIpc) is 2.78. The standard InChI is InChI=1S/C18H25B/c1-13-5-6-14-3-2-4-15(7-8-16(14)11-13)17-9-10-18(19)12-17/h5-6,11,15,17-18H,2-4,7-10,12H2,1H3/t15?,17-,18?/m1/s1. The molecule has 0 heterocycles. The summed E-state index contributed by atoms with van der Waals surface area (Å²) in [6.45, 7) is 2.21. The minimum Gasteiger partial charge on any atom is -0.0771 e. The number of aryl methyl sites for hydroxylation is 3. The molecule has 0 bridgehead atoms. The Labute approximate surface area is 119 Å². The van der Waals surface area contributed by atoms with Crippen LogP contribution in [0.3, 0.4) is 0 Å². The second kappa shape index (κ2) is 5.73. The van der Waals surface area contributed by atoms with E-state index in [2.05, 4.69) is 25.1 Å². The lowest BCUT2D eigenvalue weighted by molar-refractivity contribution is 0.289. The van der Waals surface area contributed by atoms with Crippen molar-refractivity contribution in [3.05, 3.63) is 34.9 Å². The van der Waals surface area contributed by atoms with E-state index >= 15 is 0 Å². The fourth-order valence-electron chi connectivity index (χ4n) is 4.22. The van der Waals surface area contributed by atoms with Gasteiger partial charge in [-0.25, -0.2) is 0 Å². The summed E-state index contributed by atoms with van der Waals surface area (Å²) in [4.78, 5) is 0. The van der Waals surface area contributed by atoms with Crippen LogP contribution in [0.25, 0.3) is 0 Å². The van der Waals surface area contributed by atoms with E-state index in [1.165, 1.54) is 56.9 Å². The Morgan fingerprint density at radius 1 is 0.947 bits per heavy atom. The van der Waals surface area contributed by atoms with Gasteiger partial charge in [0, 0.05) is 0 Å². The Hall–Kier alpha value is -0.715. The van der Waals surface area contributed by atoms with Crippen molar-refractivity contribution in [1.82, 2.24) is 0 Å². The zero-order chi connectivity index (χ0) is 13.2. The van der Waals surface area contributed by atoms with Crippen LogP contribution in [0.4, 0.5) is 0 Å². The van der Waals surface area contributed by atoms with Crippen molar-refractivity contribution in [2.75, 3.05) is 0 Å². The molecule has 0 aliphatic heterocycles. The van der Waals surface area contributed by atoms with Crippen LogP contribution >= 0.6 is 0 Å². The lowest BCUT2D eigenvalue weighted by Crippen LogP contribution is -2.16. The van der Waals surface area contributed by atoms with Crippen LogP contribution in [0.5, 0.6) is 0 Å². The van der Waals surface area contributed by atoms with E-state index < -0.39 is 0 Å². The van der Waals surface area contributed by atoms with Crippen LogP contribution in [-0.2, 0) is 12.8 Å². The van der Waals surface area contributed by atoms with E-state index in [4.69, 9.17) is 7.85 Å². The molecule has 0 aromatic heterocycles. The summed E-state index contributed by atoms with van der Waals surface area (Å²) in [6, 6.07) is 7.04. The van der Waals surface area contributed by atoms with Gasteiger partial charge in [0.15, 0.2) is 0 Å². The van der Waals surface area contributed by atoms with Gasteiger partial charge in [0.1, 0.15) is 0 Å². The second-order valence-corrected chi connectivity index (χ2v) is 6.80. The van der Waals surface area contributed by atoms with Crippen LogP contribution in [0, 0.1) is 18.8 Å². The van der Waals surface area contributed by atoms with E-state index in [-0.39, 0.29) is 0 Å². The molecule has 1 heteroatoms. The number of benzene rings is 1. The number of hydrogen-bond acceptors (Lipinski definition) is 0. The molecule has 100 valence electrons. The first-order valence-electron chi connectivity index (χ1n) is 8.06. The van der Waals surface area contributed by atoms with Gasteiger partial charge in [-0.05, 0) is 62.0 Å². The number of fused-ring (bicyclic) bond motifs is 1. The lowest BCUT2D eigenvalue weighted by Gasteiger charge is -2.27. The van der Waals surface area contributed by atoms with E-state index in [0.29, 0.717) is 5.82 Å². The van der Waals surface area contributed by atoms with Crippen molar-refractivity contribution in [1.29, 1.82) is 0 Å². The average molecular weight is 252 g/mol. The largest absolute Gasteiger partial charge is 0.0771 e. The summed E-state index contributed by atoms with van der Waals surface area (Å²) in [6.07, 6.45) is 10.7. The molecular formula is C18H25B. The maximum absolute atomic E-state index is 6.10. The maximum atomic E-state index is 6.10. The highest BCUT2D eigenvalue weighted by Crippen LogP contribution is 2.41. The smallest absolute Gasteiger partial charge is 0.0699 e. The SMILES string of the molecule is [B]C1CC[C@@H](C2CCCc3ccc(C)cc3CC2)C1. The molecule has 1 aromatic rings. The third-order valence-corrected chi connectivity index (χ3v) is 5.35. The molecule has 2 aliphatic carbocycles. The molecular weight excluding hydrogens is 227 g/mol. The van der Waals surface area contributed by atoms with E-state index in [9.17, 15) is 0 Å². The molecule has 1 aromatic carbocycles. The summed E-state index contributed by atoms with van der Waals surface area (Å²) in [7, 11) is 6.10. The van der Waals surface area contributed by atoms with E-state index in [0.717, 1.165) is 11.8 Å². The molecule has 1 fully saturated rings. The predicted octanol–water partition coefficient (Wildman–Crippen LogP) is 4.64. The molecule has 0 saturated heterocycles. The van der Waals surface area contributed by atoms with E-state index in [1.807, 2.05) is 0 Å². The van der Waals surface area contributed by atoms with Crippen molar-refractivity contribution in [2.24, 2.45) is 11.8 Å². The Kier molecular flexibility index (Phi) is 4.00. The first-order chi connectivity index (χ1) is 9.22. The lowest BCUT2D eigenvalue weighted by atomic mass is 9.77. The van der Waals surface area contributed by atoms with Gasteiger partial charge >= 0.3 is 0 Å². The van der Waals surface area contributed by atoms with Gasteiger partial charge in [0.2, 0.25) is 0 Å². The molecule has 2 radical (unpaired) electrons. The van der Waals surface area contributed by atoms with Crippen molar-refractivity contribution in [3.63, 3.8) is 0 Å². The Balaban J connectivity index is 1.70. The van der Waals surface area contributed by atoms with E-state index in [1.54, 1.807) is 11.1 Å². The molecule has 0 spiro atoms. The Morgan fingerprint density at radius 3 is 2.63 bits per heavy atom. The molecule has 0 N–H and O–H groups in total. The summed E-state index contributed by atoms with van der Waals surface area (Å²) in [5, 5.41) is 0. The van der Waals surface area contributed by atoms with Crippen LogP contribution < -0.4 is 0 Å². The topological polar surface area (TPSA) is 0 Å². The minimum absolute atomic E-state index is 0.491. The zero-order valence-corrected chi connectivity index (χ0v) is 12.2. The van der Waals surface area contributed by atoms with Gasteiger partial charge in [-0.2, -0.15) is 0 Å². The van der Waals surface area contributed by atoms with Crippen LogP contribution in [-0.4, -0.2) is 7.85 Å². The Morgan fingerprint density at radius 2 is 1.84 bits per heavy atom. The third kappa shape index (κ3) is 3.07. The highest BCUT2D eigenvalue weighted by molar-refractivity contribution is 6.11. The highest BCUT2D eigenvalue weighted by atomic mass is 14.3. The van der Waals surface area contributed by atoms with Gasteiger partial charge in [0.05, 0.1) is 7.85 Å². The van der Waals surface area contributed by atoms with Gasteiger partial charge < -0.3 is 0 Å². The highest BCUT2D eigenvalue weighted by Gasteiger charge is 2.28. The molecule has 19 heavy (non-hydrogen) atoms. The zero-order valence-electron chi connectivity index (χ0n) is 12.2. The summed E-state index contributed by atoms with van der Waals surface area (Å²) in [5.41, 5.74) is 4.64. The quantitative estimate of drug-likeness (QED) is 0.639. The van der Waals surface area contributed by atoms with Gasteiger partial charge in [-0.1, -0.05) is 48.8 Å². The van der Waals surface area contributed by atoms with Crippen molar-refractivity contribution in [3.8, 4) is 0 Å². The molecule has 0 amide bonds. The molecule has 3 atom stereocenters. The fourth-order valence-corrected chi connectivity index (χ4v) is 4.22. The summed E-state index contributed by atoms with van der Waals surface area (Å²) < 4.78 is 0. The van der Waals surface area contributed by atoms with Crippen molar-refractivity contribution in [2.45, 2.75) is 64.1 Å². The predicted molar refractivity (Wildman–Crippen MR) is 82.8 cm³/mol. The van der Waals surface area contributed by atoms with Crippen molar-refractivity contribution < 1.29 is 0 Å². The molecule has 2 aliphatic rings. The Bertz CT molecular complexity index is 437.